The zero-order chi connectivity index (χ0) is 15.4. The Bertz CT molecular complexity index is 502. The minimum Gasteiger partial charge on any atom is -0.355 e. The van der Waals surface area contributed by atoms with Crippen LogP contribution in [-0.2, 0) is 18.4 Å². The number of nitrogens with one attached hydrogen (secondary N) is 1. The van der Waals surface area contributed by atoms with Gasteiger partial charge >= 0.3 is 0 Å². The molecule has 1 fully saturated rings. The van der Waals surface area contributed by atoms with Gasteiger partial charge in [0.15, 0.2) is 0 Å². The molecule has 0 bridgehead atoms. The highest BCUT2D eigenvalue weighted by Gasteiger charge is 2.26. The van der Waals surface area contributed by atoms with Gasteiger partial charge in [0.1, 0.15) is 0 Å². The fourth-order valence-electron chi connectivity index (χ4n) is 2.82. The molecule has 0 aliphatic carbocycles. The summed E-state index contributed by atoms with van der Waals surface area (Å²) in [6.07, 6.45) is 2.01. The fraction of sp³-hybridized carbons (Fsp3) is 0.714. The van der Waals surface area contributed by atoms with Crippen LogP contribution < -0.4 is 11.1 Å². The van der Waals surface area contributed by atoms with Crippen LogP contribution in [0.5, 0.6) is 0 Å². The van der Waals surface area contributed by atoms with Gasteiger partial charge in [0.2, 0.25) is 5.91 Å². The van der Waals surface area contributed by atoms with Crippen molar-refractivity contribution < 1.29 is 4.79 Å². The van der Waals surface area contributed by atoms with Crippen molar-refractivity contribution in [1.29, 1.82) is 0 Å². The maximum Gasteiger partial charge on any atom is 0.224 e. The summed E-state index contributed by atoms with van der Waals surface area (Å²) in [5, 5.41) is 7.32. The lowest BCUT2D eigenvalue weighted by Gasteiger charge is -2.32. The van der Waals surface area contributed by atoms with Crippen LogP contribution in [0.15, 0.2) is 4.47 Å². The van der Waals surface area contributed by atoms with Crippen LogP contribution in [0.25, 0.3) is 0 Å². The largest absolute Gasteiger partial charge is 0.355 e. The highest BCUT2D eigenvalue weighted by molar-refractivity contribution is 9.10. The molecule has 6 nitrogen and oxygen atoms in total. The molecule has 0 radical (unpaired) electrons. The van der Waals surface area contributed by atoms with Crippen molar-refractivity contribution in [2.24, 2.45) is 18.7 Å². The molecule has 1 atom stereocenters. The van der Waals surface area contributed by atoms with E-state index >= 15 is 0 Å². The number of hydrogen-bond donors (Lipinski definition) is 2. The summed E-state index contributed by atoms with van der Waals surface area (Å²) in [6, 6.07) is 0. The molecule has 0 aromatic carbocycles. The predicted octanol–water partition coefficient (Wildman–Crippen LogP) is 0.778. The van der Waals surface area contributed by atoms with Gasteiger partial charge in [0, 0.05) is 33.2 Å². The lowest BCUT2D eigenvalue weighted by Crippen LogP contribution is -2.43. The molecule has 0 spiro atoms. The third-order valence-electron chi connectivity index (χ3n) is 3.95. The minimum absolute atomic E-state index is 0.0680. The molecule has 1 aliphatic heterocycles. The Labute approximate surface area is 134 Å². The Kier molecular flexibility index (Phi) is 5.78. The summed E-state index contributed by atoms with van der Waals surface area (Å²) >= 11 is 3.60. The first-order valence-corrected chi connectivity index (χ1v) is 8.20. The number of nitrogens with two attached hydrogens (primary N) is 1. The van der Waals surface area contributed by atoms with E-state index in [0.29, 0.717) is 13.1 Å². The Morgan fingerprint density at radius 1 is 1.57 bits per heavy atom. The van der Waals surface area contributed by atoms with E-state index in [1.807, 2.05) is 18.7 Å². The molecule has 21 heavy (non-hydrogen) atoms. The monoisotopic (exact) mass is 357 g/mol. The fourth-order valence-corrected chi connectivity index (χ4v) is 3.28. The second-order valence-corrected chi connectivity index (χ2v) is 6.42. The summed E-state index contributed by atoms with van der Waals surface area (Å²) in [4.78, 5) is 14.4. The summed E-state index contributed by atoms with van der Waals surface area (Å²) in [5.41, 5.74) is 7.60. The second kappa shape index (κ2) is 7.38. The number of hydrogen-bond acceptors (Lipinski definition) is 4. The molecule has 1 saturated heterocycles. The Morgan fingerprint density at radius 3 is 2.95 bits per heavy atom. The van der Waals surface area contributed by atoms with Gasteiger partial charge in [-0.05, 0) is 42.2 Å². The molecule has 2 rings (SSSR count). The van der Waals surface area contributed by atoms with Gasteiger partial charge in [-0.3, -0.25) is 14.4 Å². The average molecular weight is 358 g/mol. The van der Waals surface area contributed by atoms with E-state index in [1.165, 1.54) is 0 Å². The predicted molar refractivity (Wildman–Crippen MR) is 85.7 cm³/mol. The molecule has 118 valence electrons. The van der Waals surface area contributed by atoms with Gasteiger partial charge in [-0.2, -0.15) is 5.10 Å². The van der Waals surface area contributed by atoms with Crippen LogP contribution in [0.2, 0.25) is 0 Å². The van der Waals surface area contributed by atoms with Crippen molar-refractivity contribution in [2.45, 2.75) is 26.3 Å². The highest BCUT2D eigenvalue weighted by Crippen LogP contribution is 2.24. The summed E-state index contributed by atoms with van der Waals surface area (Å²) in [5.74, 6) is 0.198. The Balaban J connectivity index is 1.96. The van der Waals surface area contributed by atoms with Gasteiger partial charge in [-0.15, -0.1) is 0 Å². The highest BCUT2D eigenvalue weighted by atomic mass is 79.9. The third-order valence-corrected chi connectivity index (χ3v) is 4.99. The van der Waals surface area contributed by atoms with Gasteiger partial charge in [0.05, 0.1) is 21.8 Å². The standard InChI is InChI=1S/C14H24BrN5O/c1-10-13(15)12(19(2)18-10)9-20-7-3-4-11(8-20)14(21)17-6-5-16/h11H,3-9,16H2,1-2H3,(H,17,21). The van der Waals surface area contributed by atoms with Crippen LogP contribution in [0.3, 0.4) is 0 Å². The molecule has 1 amide bonds. The van der Waals surface area contributed by atoms with Crippen LogP contribution in [-0.4, -0.2) is 46.8 Å². The van der Waals surface area contributed by atoms with Crippen molar-refractivity contribution in [3.63, 3.8) is 0 Å². The summed E-state index contributed by atoms with van der Waals surface area (Å²) < 4.78 is 2.98. The minimum atomic E-state index is 0.0680. The van der Waals surface area contributed by atoms with Crippen molar-refractivity contribution >= 4 is 21.8 Å². The number of likely N-dealkylation sites (tertiary alicyclic amines) is 1. The number of piperidine rings is 1. The number of amides is 1. The number of aryl methyl sites for hydroxylation is 2. The Morgan fingerprint density at radius 2 is 2.33 bits per heavy atom. The molecular formula is C14H24BrN5O. The Hall–Kier alpha value is -0.920. The number of nitrogens with zero attached hydrogens (tertiary/aromatic N) is 3. The first-order valence-electron chi connectivity index (χ1n) is 7.41. The van der Waals surface area contributed by atoms with Crippen LogP contribution in [0.4, 0.5) is 0 Å². The molecule has 1 unspecified atom stereocenters. The zero-order valence-corrected chi connectivity index (χ0v) is 14.3. The SMILES string of the molecule is Cc1nn(C)c(CN2CCCC(C(=O)NCCN)C2)c1Br. The van der Waals surface area contributed by atoms with E-state index < -0.39 is 0 Å². The summed E-state index contributed by atoms with van der Waals surface area (Å²) in [6.45, 7) is 5.68. The van der Waals surface area contributed by atoms with E-state index in [1.54, 1.807) is 0 Å². The van der Waals surface area contributed by atoms with Crippen LogP contribution in [0.1, 0.15) is 24.2 Å². The normalized spacial score (nSPS) is 19.7. The molecule has 1 aromatic rings. The average Bonchev–Trinajstić information content (AvgIpc) is 2.71. The number of rotatable bonds is 5. The first kappa shape index (κ1) is 16.5. The maximum atomic E-state index is 12.1. The number of carbonyl (C=O) groups excluding carboxylic acids is 1. The van der Waals surface area contributed by atoms with E-state index in [4.69, 9.17) is 5.73 Å². The van der Waals surface area contributed by atoms with Crippen molar-refractivity contribution in [2.75, 3.05) is 26.2 Å². The molecule has 2 heterocycles. The lowest BCUT2D eigenvalue weighted by atomic mass is 9.97. The number of halogens is 1. The molecule has 1 aliphatic rings. The van der Waals surface area contributed by atoms with Crippen molar-refractivity contribution in [1.82, 2.24) is 20.0 Å². The topological polar surface area (TPSA) is 76.2 Å². The second-order valence-electron chi connectivity index (χ2n) is 5.62. The van der Waals surface area contributed by atoms with E-state index in [2.05, 4.69) is 31.2 Å². The quantitative estimate of drug-likeness (QED) is 0.816. The van der Waals surface area contributed by atoms with Gasteiger partial charge in [0.25, 0.3) is 0 Å². The van der Waals surface area contributed by atoms with Gasteiger partial charge < -0.3 is 11.1 Å². The number of carbonyl (C=O) groups is 1. The first-order chi connectivity index (χ1) is 10.0. The molecule has 1 aromatic heterocycles. The lowest BCUT2D eigenvalue weighted by molar-refractivity contribution is -0.126. The van der Waals surface area contributed by atoms with Crippen molar-refractivity contribution in [3.8, 4) is 0 Å². The van der Waals surface area contributed by atoms with Gasteiger partial charge in [-0.25, -0.2) is 0 Å². The number of aromatic nitrogens is 2. The van der Waals surface area contributed by atoms with Crippen molar-refractivity contribution in [3.05, 3.63) is 15.9 Å². The molecule has 3 N–H and O–H groups in total. The maximum absolute atomic E-state index is 12.1. The third kappa shape index (κ3) is 4.05. The zero-order valence-electron chi connectivity index (χ0n) is 12.7. The van der Waals surface area contributed by atoms with E-state index in [9.17, 15) is 4.79 Å². The van der Waals surface area contributed by atoms with Crippen LogP contribution >= 0.6 is 15.9 Å². The van der Waals surface area contributed by atoms with Crippen LogP contribution in [0, 0.1) is 12.8 Å². The molecule has 7 heteroatoms. The van der Waals surface area contributed by atoms with E-state index in [-0.39, 0.29) is 11.8 Å². The summed E-state index contributed by atoms with van der Waals surface area (Å²) in [7, 11) is 1.96. The smallest absolute Gasteiger partial charge is 0.224 e. The van der Waals surface area contributed by atoms with E-state index in [0.717, 1.165) is 48.3 Å². The molecular weight excluding hydrogens is 334 g/mol. The molecule has 0 saturated carbocycles. The van der Waals surface area contributed by atoms with Gasteiger partial charge in [-0.1, -0.05) is 0 Å².